The van der Waals surface area contributed by atoms with Gasteiger partial charge < -0.3 is 0 Å². The first kappa shape index (κ1) is 10.2. The van der Waals surface area contributed by atoms with Crippen molar-refractivity contribution in [2.45, 2.75) is 26.2 Å². The molecule has 2 heteroatoms. The molecule has 0 saturated heterocycles. The zero-order valence-corrected chi connectivity index (χ0v) is 9.39. The molecular formula is C12H17ClO. The Bertz CT molecular complexity index is 273. The Morgan fingerprint density at radius 3 is 2.93 bits per heavy atom. The number of allylic oxidation sites excluding steroid dienone is 1. The average Bonchev–Trinajstić information content (AvgIpc) is 2.75. The molecule has 0 heterocycles. The third-order valence-corrected chi connectivity index (χ3v) is 4.88. The van der Waals surface area contributed by atoms with Gasteiger partial charge in [-0.3, -0.25) is 4.79 Å². The topological polar surface area (TPSA) is 17.1 Å². The van der Waals surface area contributed by atoms with Crippen molar-refractivity contribution in [3.8, 4) is 0 Å². The van der Waals surface area contributed by atoms with Crippen LogP contribution >= 0.6 is 11.6 Å². The molecule has 2 saturated carbocycles. The van der Waals surface area contributed by atoms with Gasteiger partial charge in [0, 0.05) is 11.3 Å². The van der Waals surface area contributed by atoms with Gasteiger partial charge in [-0.1, -0.05) is 13.5 Å². The van der Waals surface area contributed by atoms with Crippen LogP contribution in [0.25, 0.3) is 0 Å². The van der Waals surface area contributed by atoms with Gasteiger partial charge in [-0.25, -0.2) is 0 Å². The van der Waals surface area contributed by atoms with Gasteiger partial charge in [-0.2, -0.15) is 0 Å². The van der Waals surface area contributed by atoms with E-state index in [-0.39, 0.29) is 11.2 Å². The molecular weight excluding hydrogens is 196 g/mol. The minimum Gasteiger partial charge on any atom is -0.294 e. The van der Waals surface area contributed by atoms with E-state index in [9.17, 15) is 4.79 Å². The molecule has 2 rings (SSSR count). The number of carbonyl (C=O) groups is 1. The summed E-state index contributed by atoms with van der Waals surface area (Å²) in [6, 6.07) is 0. The summed E-state index contributed by atoms with van der Waals surface area (Å²) in [7, 11) is 0. The van der Waals surface area contributed by atoms with E-state index < -0.39 is 0 Å². The molecule has 2 aliphatic rings. The van der Waals surface area contributed by atoms with Gasteiger partial charge in [0.2, 0.25) is 0 Å². The van der Waals surface area contributed by atoms with Crippen LogP contribution in [0.5, 0.6) is 0 Å². The lowest BCUT2D eigenvalue weighted by atomic mass is 9.65. The molecule has 14 heavy (non-hydrogen) atoms. The van der Waals surface area contributed by atoms with Gasteiger partial charge in [0.05, 0.1) is 0 Å². The van der Waals surface area contributed by atoms with Crippen molar-refractivity contribution < 1.29 is 4.79 Å². The average molecular weight is 213 g/mol. The largest absolute Gasteiger partial charge is 0.294 e. The second-order valence-corrected chi connectivity index (χ2v) is 5.19. The van der Waals surface area contributed by atoms with E-state index in [1.165, 1.54) is 25.3 Å². The second kappa shape index (κ2) is 3.37. The quantitative estimate of drug-likeness (QED) is 0.519. The van der Waals surface area contributed by atoms with E-state index in [0.29, 0.717) is 23.6 Å². The zero-order chi connectivity index (χ0) is 10.3. The van der Waals surface area contributed by atoms with Gasteiger partial charge in [0.1, 0.15) is 0 Å². The van der Waals surface area contributed by atoms with Crippen molar-refractivity contribution in [2.24, 2.45) is 23.2 Å². The van der Waals surface area contributed by atoms with Crippen LogP contribution in [-0.4, -0.2) is 11.7 Å². The predicted octanol–water partition coefficient (Wildman–Crippen LogP) is 3.03. The van der Waals surface area contributed by atoms with Crippen molar-refractivity contribution in [3.05, 3.63) is 12.7 Å². The van der Waals surface area contributed by atoms with Crippen LogP contribution in [0.4, 0.5) is 0 Å². The van der Waals surface area contributed by atoms with Crippen molar-refractivity contribution in [1.82, 2.24) is 0 Å². The van der Waals surface area contributed by atoms with Gasteiger partial charge in [0.15, 0.2) is 5.78 Å². The maximum absolute atomic E-state index is 11.9. The van der Waals surface area contributed by atoms with Crippen LogP contribution in [-0.2, 0) is 4.79 Å². The summed E-state index contributed by atoms with van der Waals surface area (Å²) >= 11 is 6.00. The smallest absolute Gasteiger partial charge is 0.161 e. The molecule has 0 aromatic carbocycles. The third-order valence-electron chi connectivity index (χ3n) is 4.54. The highest BCUT2D eigenvalue weighted by atomic mass is 35.5. The number of ketones is 1. The molecule has 2 bridgehead atoms. The van der Waals surface area contributed by atoms with Crippen LogP contribution in [0.15, 0.2) is 12.7 Å². The minimum absolute atomic E-state index is 0.202. The number of hydrogen-bond acceptors (Lipinski definition) is 1. The van der Waals surface area contributed by atoms with Crippen molar-refractivity contribution in [1.29, 1.82) is 0 Å². The molecule has 0 N–H and O–H groups in total. The number of hydrogen-bond donors (Lipinski definition) is 0. The van der Waals surface area contributed by atoms with Crippen LogP contribution in [0.3, 0.4) is 0 Å². The molecule has 2 fully saturated rings. The minimum atomic E-state index is -0.202. The zero-order valence-electron chi connectivity index (χ0n) is 8.63. The van der Waals surface area contributed by atoms with Crippen LogP contribution in [0.1, 0.15) is 26.2 Å². The maximum atomic E-state index is 11.9. The van der Waals surface area contributed by atoms with Crippen LogP contribution in [0.2, 0.25) is 0 Å². The first-order valence-electron chi connectivity index (χ1n) is 5.37. The van der Waals surface area contributed by atoms with E-state index in [2.05, 4.69) is 13.5 Å². The number of rotatable bonds is 3. The SMILES string of the molecule is C=CC(=O)[C@]1(C)[C@H]2CC[C@H](C2)[C@H]1CCl. The lowest BCUT2D eigenvalue weighted by Crippen LogP contribution is -2.40. The van der Waals surface area contributed by atoms with E-state index >= 15 is 0 Å². The molecule has 78 valence electrons. The number of halogens is 1. The molecule has 1 nitrogen and oxygen atoms in total. The Morgan fingerprint density at radius 1 is 1.64 bits per heavy atom. The lowest BCUT2D eigenvalue weighted by molar-refractivity contribution is -0.128. The highest BCUT2D eigenvalue weighted by Gasteiger charge is 2.57. The summed E-state index contributed by atoms with van der Waals surface area (Å²) in [5.41, 5.74) is -0.202. The fourth-order valence-corrected chi connectivity index (χ4v) is 4.18. The van der Waals surface area contributed by atoms with E-state index in [0.717, 1.165) is 0 Å². The lowest BCUT2D eigenvalue weighted by Gasteiger charge is -2.38. The Hall–Kier alpha value is -0.300. The summed E-state index contributed by atoms with van der Waals surface area (Å²) in [5, 5.41) is 0. The molecule has 0 aromatic rings. The van der Waals surface area contributed by atoms with E-state index in [1.807, 2.05) is 0 Å². The predicted molar refractivity (Wildman–Crippen MR) is 58.4 cm³/mol. The molecule has 4 atom stereocenters. The van der Waals surface area contributed by atoms with Gasteiger partial charge in [-0.15, -0.1) is 11.6 Å². The Balaban J connectivity index is 2.32. The van der Waals surface area contributed by atoms with Crippen LogP contribution < -0.4 is 0 Å². The number of fused-ring (bicyclic) bond motifs is 2. The fourth-order valence-electron chi connectivity index (χ4n) is 3.61. The summed E-state index contributed by atoms with van der Waals surface area (Å²) in [5.74, 6) is 2.45. The van der Waals surface area contributed by atoms with Gasteiger partial charge in [0.25, 0.3) is 0 Å². The molecule has 0 amide bonds. The number of alkyl halides is 1. The third kappa shape index (κ3) is 1.11. The van der Waals surface area contributed by atoms with Crippen molar-refractivity contribution in [2.75, 3.05) is 5.88 Å². The normalized spacial score (nSPS) is 45.4. The highest BCUT2D eigenvalue weighted by Crippen LogP contribution is 2.60. The molecule has 0 unspecified atom stereocenters. The Labute approximate surface area is 90.5 Å². The summed E-state index contributed by atoms with van der Waals surface area (Å²) in [4.78, 5) is 11.9. The molecule has 0 radical (unpaired) electrons. The standard InChI is InChI=1S/C12H17ClO/c1-3-11(14)12(2)9-5-4-8(6-9)10(12)7-13/h3,8-10H,1,4-7H2,2H3/t8-,9+,10-,12-/m1/s1. The number of carbonyl (C=O) groups excluding carboxylic acids is 1. The molecule has 2 aliphatic carbocycles. The summed E-state index contributed by atoms with van der Waals surface area (Å²) in [6.45, 7) is 5.70. The molecule has 0 aromatic heterocycles. The van der Waals surface area contributed by atoms with Crippen molar-refractivity contribution in [3.63, 3.8) is 0 Å². The van der Waals surface area contributed by atoms with Crippen molar-refractivity contribution >= 4 is 17.4 Å². The Kier molecular flexibility index (Phi) is 2.46. The van der Waals surface area contributed by atoms with Crippen LogP contribution in [0, 0.1) is 23.2 Å². The second-order valence-electron chi connectivity index (χ2n) is 4.88. The van der Waals surface area contributed by atoms with Gasteiger partial charge >= 0.3 is 0 Å². The fraction of sp³-hybridized carbons (Fsp3) is 0.750. The first-order valence-corrected chi connectivity index (χ1v) is 5.90. The van der Waals surface area contributed by atoms with Gasteiger partial charge in [-0.05, 0) is 43.1 Å². The van der Waals surface area contributed by atoms with E-state index in [4.69, 9.17) is 11.6 Å². The maximum Gasteiger partial charge on any atom is 0.161 e. The van der Waals surface area contributed by atoms with E-state index in [1.54, 1.807) is 0 Å². The summed E-state index contributed by atoms with van der Waals surface area (Å²) < 4.78 is 0. The molecule has 0 spiro atoms. The summed E-state index contributed by atoms with van der Waals surface area (Å²) in [6.07, 6.45) is 5.16. The monoisotopic (exact) mass is 212 g/mol. The molecule has 0 aliphatic heterocycles. The Morgan fingerprint density at radius 2 is 2.36 bits per heavy atom. The highest BCUT2D eigenvalue weighted by molar-refractivity contribution is 6.18. The first-order chi connectivity index (χ1) is 6.64.